The molecular weight excluding hydrogens is 697 g/mol. The highest BCUT2D eigenvalue weighted by Crippen LogP contribution is 2.64. The van der Waals surface area contributed by atoms with Gasteiger partial charge < -0.3 is 15.3 Å². The summed E-state index contributed by atoms with van der Waals surface area (Å²) >= 11 is 0. The lowest BCUT2D eigenvalue weighted by Crippen LogP contribution is -2.54. The fourth-order valence-corrected chi connectivity index (χ4v) is 10.9. The van der Waals surface area contributed by atoms with E-state index in [9.17, 15) is 15.3 Å². The van der Waals surface area contributed by atoms with Crippen LogP contribution in [0.1, 0.15) is 186 Å². The first-order valence-electron chi connectivity index (χ1n) is 21.5. The number of hydrogen-bond acceptors (Lipinski definition) is 3. The summed E-state index contributed by atoms with van der Waals surface area (Å²) in [6.45, 7) is 48.3. The van der Waals surface area contributed by atoms with E-state index in [0.29, 0.717) is 17.3 Å². The first-order valence-corrected chi connectivity index (χ1v) is 21.5. The number of aliphatic hydroxyl groups excluding tert-OH is 1. The summed E-state index contributed by atoms with van der Waals surface area (Å²) in [5, 5.41) is 33.5. The van der Waals surface area contributed by atoms with Crippen LogP contribution in [0.5, 0.6) is 11.5 Å². The summed E-state index contributed by atoms with van der Waals surface area (Å²) in [5.74, 6) is 1.12. The van der Waals surface area contributed by atoms with Gasteiger partial charge in [-0.2, -0.15) is 0 Å². The molecule has 3 nitrogen and oxygen atoms in total. The largest absolute Gasteiger partial charge is 0.508 e. The number of allylic oxidation sites excluding steroid dienone is 3. The van der Waals surface area contributed by atoms with E-state index >= 15 is 0 Å². The molecule has 0 radical (unpaired) electrons. The van der Waals surface area contributed by atoms with Gasteiger partial charge in [0.15, 0.2) is 0 Å². The molecule has 0 fully saturated rings. The molecule has 3 aromatic carbocycles. The highest BCUT2D eigenvalue weighted by Gasteiger charge is 2.57. The summed E-state index contributed by atoms with van der Waals surface area (Å²) in [6.07, 6.45) is 6.65. The number of rotatable bonds is 6. The van der Waals surface area contributed by atoms with Gasteiger partial charge in [-0.1, -0.05) is 136 Å². The second-order valence-corrected chi connectivity index (χ2v) is 23.8. The van der Waals surface area contributed by atoms with Gasteiger partial charge in [0.1, 0.15) is 17.3 Å². The molecule has 1 unspecified atom stereocenters. The summed E-state index contributed by atoms with van der Waals surface area (Å²) in [5.41, 5.74) is 14.1. The predicted molar refractivity (Wildman–Crippen MR) is 245 cm³/mol. The van der Waals surface area contributed by atoms with Gasteiger partial charge >= 0.3 is 0 Å². The minimum atomic E-state index is -0.363. The molecule has 0 amide bonds. The molecule has 0 saturated carbocycles. The first kappa shape index (κ1) is 46.2. The smallest absolute Gasteiger partial charge is 0.116 e. The van der Waals surface area contributed by atoms with E-state index in [1.807, 2.05) is 24.3 Å². The summed E-state index contributed by atoms with van der Waals surface area (Å²) in [4.78, 5) is 0. The first-order chi connectivity index (χ1) is 25.5. The minimum Gasteiger partial charge on any atom is -0.508 e. The number of aliphatic hydroxyl groups is 1. The minimum absolute atomic E-state index is 0.122. The van der Waals surface area contributed by atoms with Crippen LogP contribution in [0.3, 0.4) is 0 Å². The fourth-order valence-electron chi connectivity index (χ4n) is 10.9. The Morgan fingerprint density at radius 1 is 0.491 bits per heavy atom. The van der Waals surface area contributed by atoms with Crippen LogP contribution < -0.4 is 0 Å². The number of hydrogen-bond donors (Lipinski definition) is 3. The Balaban J connectivity index is 2.19. The number of aromatic hydroxyl groups is 2. The van der Waals surface area contributed by atoms with Crippen molar-refractivity contribution in [1.82, 2.24) is 0 Å². The molecule has 0 bridgehead atoms. The lowest BCUT2D eigenvalue weighted by molar-refractivity contribution is -0.0369. The molecule has 1 aliphatic carbocycles. The summed E-state index contributed by atoms with van der Waals surface area (Å²) in [6, 6.07) is 9.93. The standard InChI is InChI=1S/C54H80O3/c1-32-39(24-35-22-23-36(55)25-43(35)48(4,5)6)33(2)41(30-47-46(51(13,14)15)28-38(57)31-54(47,52(16,17)18)53(19,20)21)34(3)40(32)29-42-44(49(7,8)9)26-37(56)27-45(42)50(10,11)12/h22-23,25-28,31,47,55-57H,24,29-30H2,1-21H3. The van der Waals surface area contributed by atoms with Crippen LogP contribution in [-0.4, -0.2) is 15.3 Å². The Morgan fingerprint density at radius 3 is 1.33 bits per heavy atom. The van der Waals surface area contributed by atoms with Crippen LogP contribution in [0.2, 0.25) is 0 Å². The zero-order chi connectivity index (χ0) is 43.8. The monoisotopic (exact) mass is 777 g/mol. The van der Waals surface area contributed by atoms with E-state index in [2.05, 4.69) is 164 Å². The van der Waals surface area contributed by atoms with Crippen molar-refractivity contribution in [2.75, 3.05) is 0 Å². The van der Waals surface area contributed by atoms with Crippen molar-refractivity contribution < 1.29 is 15.3 Å². The Morgan fingerprint density at radius 2 is 0.912 bits per heavy atom. The highest BCUT2D eigenvalue weighted by atomic mass is 16.3. The zero-order valence-electron chi connectivity index (χ0n) is 40.1. The molecule has 4 rings (SSSR count). The van der Waals surface area contributed by atoms with Crippen molar-refractivity contribution in [2.24, 2.45) is 27.6 Å². The Bertz CT molecular complexity index is 2010. The van der Waals surface area contributed by atoms with E-state index < -0.39 is 0 Å². The van der Waals surface area contributed by atoms with E-state index in [1.165, 1.54) is 66.8 Å². The van der Waals surface area contributed by atoms with Gasteiger partial charge in [0.2, 0.25) is 0 Å². The van der Waals surface area contributed by atoms with Gasteiger partial charge in [0.25, 0.3) is 0 Å². The molecular formula is C54H80O3. The maximum absolute atomic E-state index is 11.6. The Hall–Kier alpha value is -3.46. The van der Waals surface area contributed by atoms with E-state index in [0.717, 1.165) is 19.3 Å². The number of phenols is 2. The quantitative estimate of drug-likeness (QED) is 0.234. The molecule has 3 aromatic rings. The molecule has 0 saturated heterocycles. The lowest BCUT2D eigenvalue weighted by Gasteiger charge is -2.59. The number of phenolic OH excluding ortho intramolecular Hbond substituents is 2. The third-order valence-electron chi connectivity index (χ3n) is 13.5. The van der Waals surface area contributed by atoms with Gasteiger partial charge in [0, 0.05) is 5.41 Å². The third-order valence-corrected chi connectivity index (χ3v) is 13.5. The van der Waals surface area contributed by atoms with Gasteiger partial charge in [-0.3, -0.25) is 0 Å². The Labute approximate surface area is 349 Å². The summed E-state index contributed by atoms with van der Waals surface area (Å²) < 4.78 is 0. The molecule has 1 aliphatic rings. The normalized spacial score (nSPS) is 17.1. The van der Waals surface area contributed by atoms with Crippen LogP contribution in [0.15, 0.2) is 53.8 Å². The molecule has 314 valence electrons. The van der Waals surface area contributed by atoms with Crippen LogP contribution >= 0.6 is 0 Å². The van der Waals surface area contributed by atoms with Gasteiger partial charge in [-0.25, -0.2) is 0 Å². The van der Waals surface area contributed by atoms with Crippen LogP contribution in [0.25, 0.3) is 0 Å². The fraction of sp³-hybridized carbons (Fsp3) is 0.593. The van der Waals surface area contributed by atoms with E-state index in [1.54, 1.807) is 0 Å². The van der Waals surface area contributed by atoms with Gasteiger partial charge in [-0.05, 0) is 176 Å². The van der Waals surface area contributed by atoms with Crippen molar-refractivity contribution in [3.05, 3.63) is 115 Å². The summed E-state index contributed by atoms with van der Waals surface area (Å²) in [7, 11) is 0. The average molecular weight is 777 g/mol. The zero-order valence-corrected chi connectivity index (χ0v) is 40.1. The van der Waals surface area contributed by atoms with Crippen molar-refractivity contribution >= 4 is 0 Å². The average Bonchev–Trinajstić information content (AvgIpc) is 3.01. The molecule has 0 aromatic heterocycles. The van der Waals surface area contributed by atoms with Crippen LogP contribution in [0, 0.1) is 48.3 Å². The lowest BCUT2D eigenvalue weighted by atomic mass is 9.44. The van der Waals surface area contributed by atoms with Gasteiger partial charge in [0.05, 0.1) is 0 Å². The van der Waals surface area contributed by atoms with E-state index in [4.69, 9.17) is 0 Å². The molecule has 3 N–H and O–H groups in total. The Kier molecular flexibility index (Phi) is 12.1. The maximum atomic E-state index is 11.6. The van der Waals surface area contributed by atoms with Crippen molar-refractivity contribution in [3.8, 4) is 11.5 Å². The molecule has 3 heteroatoms. The predicted octanol–water partition coefficient (Wildman–Crippen LogP) is 14.8. The van der Waals surface area contributed by atoms with E-state index in [-0.39, 0.29) is 43.8 Å². The second kappa shape index (κ2) is 15.0. The third kappa shape index (κ3) is 8.94. The maximum Gasteiger partial charge on any atom is 0.116 e. The SMILES string of the molecule is Cc1c(Cc2ccc(O)cc2C(C)(C)C)c(C)c(CC2C(C(C)(C)C)=CC(O)=CC2(C(C)(C)C)C(C)(C)C)c(C)c1Cc1c(C(C)(C)C)cc(O)cc1C(C)(C)C. The van der Waals surface area contributed by atoms with Crippen molar-refractivity contribution in [1.29, 1.82) is 0 Å². The molecule has 1 atom stereocenters. The van der Waals surface area contributed by atoms with Crippen LogP contribution in [-0.2, 0) is 35.5 Å². The topological polar surface area (TPSA) is 60.7 Å². The second-order valence-electron chi connectivity index (χ2n) is 23.8. The number of benzene rings is 3. The molecule has 0 aliphatic heterocycles. The van der Waals surface area contributed by atoms with Crippen LogP contribution in [0.4, 0.5) is 0 Å². The molecule has 0 heterocycles. The van der Waals surface area contributed by atoms with Crippen molar-refractivity contribution in [3.63, 3.8) is 0 Å². The van der Waals surface area contributed by atoms with Crippen molar-refractivity contribution in [2.45, 2.75) is 181 Å². The molecule has 57 heavy (non-hydrogen) atoms. The van der Waals surface area contributed by atoms with Gasteiger partial charge in [-0.15, -0.1) is 0 Å². The highest BCUT2D eigenvalue weighted by molar-refractivity contribution is 5.58. The molecule has 0 spiro atoms.